The van der Waals surface area contributed by atoms with Crippen LogP contribution < -0.4 is 0 Å². The molecule has 1 heterocycles. The summed E-state index contributed by atoms with van der Waals surface area (Å²) >= 11 is 0. The van der Waals surface area contributed by atoms with Crippen LogP contribution in [0.2, 0.25) is 0 Å². The lowest BCUT2D eigenvalue weighted by molar-refractivity contribution is -0.384. The van der Waals surface area contributed by atoms with Gasteiger partial charge >= 0.3 is 0 Å². The summed E-state index contributed by atoms with van der Waals surface area (Å²) in [6.45, 7) is 3.71. The van der Waals surface area contributed by atoms with Gasteiger partial charge in [0.2, 0.25) is 0 Å². The standard InChI is InChI=1S/C21H22N2O3/c1-16-10-12-22(13-11-16)21(24)20(18-7-3-2-4-8-18)15-17-6-5-9-19(14-17)23(25)26/h2-9,14-16H,10-13H2,1H3/b20-15+. The Hall–Kier alpha value is -2.95. The normalized spacial score (nSPS) is 15.7. The van der Waals surface area contributed by atoms with Crippen LogP contribution in [0.3, 0.4) is 0 Å². The van der Waals surface area contributed by atoms with Gasteiger partial charge < -0.3 is 4.90 Å². The van der Waals surface area contributed by atoms with E-state index < -0.39 is 4.92 Å². The Morgan fingerprint density at radius 2 is 1.81 bits per heavy atom. The fraction of sp³-hybridized carbons (Fsp3) is 0.286. The molecule has 2 aromatic rings. The molecule has 0 saturated carbocycles. The molecule has 0 atom stereocenters. The molecule has 1 saturated heterocycles. The van der Waals surface area contributed by atoms with Crippen LogP contribution in [0.15, 0.2) is 54.6 Å². The van der Waals surface area contributed by atoms with Crippen LogP contribution in [0.5, 0.6) is 0 Å². The zero-order valence-electron chi connectivity index (χ0n) is 14.8. The van der Waals surface area contributed by atoms with Gasteiger partial charge in [-0.1, -0.05) is 49.4 Å². The summed E-state index contributed by atoms with van der Waals surface area (Å²) in [5.74, 6) is 0.620. The highest BCUT2D eigenvalue weighted by Gasteiger charge is 2.24. The quantitative estimate of drug-likeness (QED) is 0.355. The van der Waals surface area contributed by atoms with Crippen molar-refractivity contribution in [2.24, 2.45) is 5.92 Å². The van der Waals surface area contributed by atoms with Crippen LogP contribution in [0.1, 0.15) is 30.9 Å². The monoisotopic (exact) mass is 350 g/mol. The smallest absolute Gasteiger partial charge is 0.270 e. The number of nitro benzene ring substituents is 1. The van der Waals surface area contributed by atoms with E-state index in [1.807, 2.05) is 35.2 Å². The van der Waals surface area contributed by atoms with Crippen molar-refractivity contribution < 1.29 is 9.72 Å². The van der Waals surface area contributed by atoms with Crippen molar-refractivity contribution in [3.63, 3.8) is 0 Å². The van der Waals surface area contributed by atoms with E-state index in [1.54, 1.807) is 18.2 Å². The second-order valence-corrected chi connectivity index (χ2v) is 6.75. The summed E-state index contributed by atoms with van der Waals surface area (Å²) in [5, 5.41) is 11.0. The van der Waals surface area contributed by atoms with Gasteiger partial charge in [0, 0.05) is 30.8 Å². The molecule has 1 fully saturated rings. The number of amides is 1. The Labute approximate surface area is 153 Å². The second kappa shape index (κ2) is 7.95. The van der Waals surface area contributed by atoms with Gasteiger partial charge in [-0.05, 0) is 36.0 Å². The Morgan fingerprint density at radius 1 is 1.12 bits per heavy atom. The first-order valence-electron chi connectivity index (χ1n) is 8.85. The molecule has 0 aromatic heterocycles. The number of benzene rings is 2. The molecule has 134 valence electrons. The Morgan fingerprint density at radius 3 is 2.46 bits per heavy atom. The predicted molar refractivity (Wildman–Crippen MR) is 102 cm³/mol. The number of hydrogen-bond donors (Lipinski definition) is 0. The number of hydrogen-bond acceptors (Lipinski definition) is 3. The lowest BCUT2D eigenvalue weighted by atomic mass is 9.96. The number of carbonyl (C=O) groups is 1. The topological polar surface area (TPSA) is 63.5 Å². The van der Waals surface area contributed by atoms with Crippen molar-refractivity contribution in [2.75, 3.05) is 13.1 Å². The van der Waals surface area contributed by atoms with Gasteiger partial charge in [0.15, 0.2) is 0 Å². The summed E-state index contributed by atoms with van der Waals surface area (Å²) in [6, 6.07) is 15.8. The minimum absolute atomic E-state index is 0.0189. The summed E-state index contributed by atoms with van der Waals surface area (Å²) in [6.07, 6.45) is 3.76. The van der Waals surface area contributed by atoms with E-state index in [0.717, 1.165) is 31.5 Å². The number of nitro groups is 1. The van der Waals surface area contributed by atoms with Crippen LogP contribution >= 0.6 is 0 Å². The number of rotatable bonds is 4. The average molecular weight is 350 g/mol. The van der Waals surface area contributed by atoms with Crippen LogP contribution in [0, 0.1) is 16.0 Å². The number of likely N-dealkylation sites (tertiary alicyclic amines) is 1. The molecule has 0 spiro atoms. The number of non-ortho nitro benzene ring substituents is 1. The van der Waals surface area contributed by atoms with Crippen molar-refractivity contribution in [1.29, 1.82) is 0 Å². The SMILES string of the molecule is CC1CCN(C(=O)/C(=C/c2cccc([N+](=O)[O-])c2)c2ccccc2)CC1. The molecule has 0 radical (unpaired) electrons. The van der Waals surface area contributed by atoms with Crippen LogP contribution in [-0.4, -0.2) is 28.8 Å². The van der Waals surface area contributed by atoms with Crippen molar-refractivity contribution in [1.82, 2.24) is 4.90 Å². The number of piperidine rings is 1. The molecular formula is C21H22N2O3. The first kappa shape index (κ1) is 17.9. The molecular weight excluding hydrogens is 328 g/mol. The number of carbonyl (C=O) groups excluding carboxylic acids is 1. The zero-order chi connectivity index (χ0) is 18.5. The van der Waals surface area contributed by atoms with Crippen molar-refractivity contribution in [3.05, 3.63) is 75.8 Å². The van der Waals surface area contributed by atoms with Crippen LogP contribution in [-0.2, 0) is 4.79 Å². The largest absolute Gasteiger partial charge is 0.339 e. The van der Waals surface area contributed by atoms with Gasteiger partial charge in [0.05, 0.1) is 4.92 Å². The average Bonchev–Trinajstić information content (AvgIpc) is 2.67. The van der Waals surface area contributed by atoms with E-state index in [-0.39, 0.29) is 11.6 Å². The van der Waals surface area contributed by atoms with Crippen molar-refractivity contribution in [3.8, 4) is 0 Å². The molecule has 0 unspecified atom stereocenters. The fourth-order valence-electron chi connectivity index (χ4n) is 3.16. The van der Waals surface area contributed by atoms with Crippen LogP contribution in [0.4, 0.5) is 5.69 Å². The third-order valence-electron chi connectivity index (χ3n) is 4.78. The van der Waals surface area contributed by atoms with Crippen LogP contribution in [0.25, 0.3) is 11.6 Å². The zero-order valence-corrected chi connectivity index (χ0v) is 14.8. The van der Waals surface area contributed by atoms with Gasteiger partial charge in [-0.15, -0.1) is 0 Å². The van der Waals surface area contributed by atoms with E-state index in [9.17, 15) is 14.9 Å². The fourth-order valence-corrected chi connectivity index (χ4v) is 3.16. The highest BCUT2D eigenvalue weighted by Crippen LogP contribution is 2.25. The maximum atomic E-state index is 13.2. The van der Waals surface area contributed by atoms with Crippen molar-refractivity contribution in [2.45, 2.75) is 19.8 Å². The maximum absolute atomic E-state index is 13.2. The van der Waals surface area contributed by atoms with E-state index in [0.29, 0.717) is 17.1 Å². The minimum Gasteiger partial charge on any atom is -0.339 e. The van der Waals surface area contributed by atoms with E-state index in [1.165, 1.54) is 12.1 Å². The van der Waals surface area contributed by atoms with E-state index in [2.05, 4.69) is 6.92 Å². The van der Waals surface area contributed by atoms with Gasteiger partial charge in [-0.25, -0.2) is 0 Å². The highest BCUT2D eigenvalue weighted by atomic mass is 16.6. The van der Waals surface area contributed by atoms with E-state index in [4.69, 9.17) is 0 Å². The third kappa shape index (κ3) is 4.17. The summed E-state index contributed by atoms with van der Waals surface area (Å²) in [5.41, 5.74) is 2.06. The van der Waals surface area contributed by atoms with Gasteiger partial charge in [-0.2, -0.15) is 0 Å². The Balaban J connectivity index is 1.97. The van der Waals surface area contributed by atoms with E-state index >= 15 is 0 Å². The minimum atomic E-state index is -0.423. The highest BCUT2D eigenvalue weighted by molar-refractivity contribution is 6.24. The molecule has 3 rings (SSSR count). The lowest BCUT2D eigenvalue weighted by Gasteiger charge is -2.31. The molecule has 0 N–H and O–H groups in total. The molecule has 0 aliphatic carbocycles. The molecule has 0 bridgehead atoms. The van der Waals surface area contributed by atoms with Gasteiger partial charge in [0.1, 0.15) is 0 Å². The van der Waals surface area contributed by atoms with Gasteiger partial charge in [-0.3, -0.25) is 14.9 Å². The van der Waals surface area contributed by atoms with Crippen molar-refractivity contribution >= 4 is 23.2 Å². The van der Waals surface area contributed by atoms with Gasteiger partial charge in [0.25, 0.3) is 11.6 Å². The summed E-state index contributed by atoms with van der Waals surface area (Å²) in [4.78, 5) is 25.6. The first-order valence-corrected chi connectivity index (χ1v) is 8.85. The summed E-state index contributed by atoms with van der Waals surface area (Å²) < 4.78 is 0. The predicted octanol–water partition coefficient (Wildman–Crippen LogP) is 4.39. The molecule has 26 heavy (non-hydrogen) atoms. The summed E-state index contributed by atoms with van der Waals surface area (Å²) in [7, 11) is 0. The third-order valence-corrected chi connectivity index (χ3v) is 4.78. The second-order valence-electron chi connectivity index (χ2n) is 6.75. The number of nitrogens with zero attached hydrogens (tertiary/aromatic N) is 2. The molecule has 1 amide bonds. The lowest BCUT2D eigenvalue weighted by Crippen LogP contribution is -2.38. The maximum Gasteiger partial charge on any atom is 0.270 e. The molecule has 1 aliphatic rings. The molecule has 5 heteroatoms. The first-order chi connectivity index (χ1) is 12.5. The molecule has 5 nitrogen and oxygen atoms in total. The molecule has 2 aromatic carbocycles. The molecule has 1 aliphatic heterocycles. The Kier molecular flexibility index (Phi) is 5.46. The Bertz CT molecular complexity index is 822.